The lowest BCUT2D eigenvalue weighted by atomic mass is 9.92. The SMILES string of the molecule is O=C(Cn1c(=O)c2c(nc(C3CNC4CNCC43)n2Cc2ccccc2Cl)n(CCc2ccc(F)cc2)c1=O)N1CCOCC1. The predicted octanol–water partition coefficient (Wildman–Crippen LogP) is 1.58. The predicted molar refractivity (Wildman–Crippen MR) is 167 cm³/mol. The Morgan fingerprint density at radius 2 is 1.78 bits per heavy atom. The van der Waals surface area contributed by atoms with E-state index in [1.165, 1.54) is 16.7 Å². The third-order valence-electron chi connectivity index (χ3n) is 9.33. The number of benzene rings is 2. The van der Waals surface area contributed by atoms with Crippen molar-refractivity contribution in [2.24, 2.45) is 5.92 Å². The van der Waals surface area contributed by atoms with Crippen LogP contribution < -0.4 is 21.9 Å². The minimum absolute atomic E-state index is 0.0108. The van der Waals surface area contributed by atoms with Gasteiger partial charge in [0.2, 0.25) is 5.91 Å². The number of fused-ring (bicyclic) bond motifs is 2. The number of hydrogen-bond acceptors (Lipinski definition) is 7. The summed E-state index contributed by atoms with van der Waals surface area (Å²) in [6.45, 7) is 4.02. The van der Waals surface area contributed by atoms with Gasteiger partial charge in [0.25, 0.3) is 5.56 Å². The van der Waals surface area contributed by atoms with Crippen LogP contribution in [0, 0.1) is 11.7 Å². The van der Waals surface area contributed by atoms with E-state index in [1.807, 2.05) is 28.8 Å². The molecule has 3 fully saturated rings. The molecule has 2 N–H and O–H groups in total. The number of halogens is 2. The molecule has 5 heterocycles. The smallest absolute Gasteiger partial charge is 0.333 e. The zero-order valence-corrected chi connectivity index (χ0v) is 25.5. The van der Waals surface area contributed by atoms with Crippen LogP contribution in [0.25, 0.3) is 11.2 Å². The number of nitrogens with zero attached hydrogens (tertiary/aromatic N) is 5. The quantitative estimate of drug-likeness (QED) is 0.302. The van der Waals surface area contributed by atoms with E-state index in [-0.39, 0.29) is 53.9 Å². The van der Waals surface area contributed by atoms with Crippen LogP contribution in [0.4, 0.5) is 4.39 Å². The summed E-state index contributed by atoms with van der Waals surface area (Å²) in [5.41, 5.74) is 1.01. The number of imidazole rings is 1. The van der Waals surface area contributed by atoms with E-state index in [1.54, 1.807) is 17.0 Å². The van der Waals surface area contributed by atoms with Gasteiger partial charge >= 0.3 is 5.69 Å². The van der Waals surface area contributed by atoms with Crippen LogP contribution in [0.1, 0.15) is 22.9 Å². The summed E-state index contributed by atoms with van der Waals surface area (Å²) >= 11 is 6.62. The molecule has 2 aromatic heterocycles. The topological polar surface area (TPSA) is 115 Å². The first kappa shape index (κ1) is 29.8. The van der Waals surface area contributed by atoms with Gasteiger partial charge in [0.1, 0.15) is 18.2 Å². The minimum Gasteiger partial charge on any atom is -0.378 e. The van der Waals surface area contributed by atoms with Gasteiger partial charge in [-0.2, -0.15) is 0 Å². The second kappa shape index (κ2) is 12.5. The maximum atomic E-state index is 14.4. The number of ether oxygens (including phenoxy) is 1. The Bertz CT molecular complexity index is 1850. The number of carbonyl (C=O) groups excluding carboxylic acids is 1. The molecule has 3 aliphatic heterocycles. The molecular weight excluding hydrogens is 601 g/mol. The highest BCUT2D eigenvalue weighted by Gasteiger charge is 2.42. The maximum absolute atomic E-state index is 14.4. The van der Waals surface area contributed by atoms with E-state index < -0.39 is 17.8 Å². The van der Waals surface area contributed by atoms with Gasteiger partial charge in [-0.1, -0.05) is 41.9 Å². The van der Waals surface area contributed by atoms with E-state index in [9.17, 15) is 18.8 Å². The number of aryl methyl sites for hydroxylation is 2. The third kappa shape index (κ3) is 5.71. The van der Waals surface area contributed by atoms with Gasteiger partial charge in [0.15, 0.2) is 11.2 Å². The molecule has 0 bridgehead atoms. The van der Waals surface area contributed by atoms with Crippen LogP contribution in [-0.2, 0) is 35.6 Å². The second-order valence-corrected chi connectivity index (χ2v) is 12.4. The molecule has 4 aromatic rings. The van der Waals surface area contributed by atoms with Gasteiger partial charge in [0, 0.05) is 56.3 Å². The van der Waals surface area contributed by atoms with E-state index in [2.05, 4.69) is 10.6 Å². The minimum atomic E-state index is -0.602. The number of morpholine rings is 1. The molecule has 11 nitrogen and oxygen atoms in total. The molecule has 2 aromatic carbocycles. The highest BCUT2D eigenvalue weighted by molar-refractivity contribution is 6.31. The molecule has 236 valence electrons. The molecular formula is C32H35ClFN7O4. The van der Waals surface area contributed by atoms with Crippen molar-refractivity contribution in [2.75, 3.05) is 45.9 Å². The molecule has 3 saturated heterocycles. The first-order valence-electron chi connectivity index (χ1n) is 15.4. The first-order valence-corrected chi connectivity index (χ1v) is 15.8. The van der Waals surface area contributed by atoms with Gasteiger partial charge in [0.05, 0.1) is 19.8 Å². The van der Waals surface area contributed by atoms with E-state index in [4.69, 9.17) is 21.3 Å². The largest absolute Gasteiger partial charge is 0.378 e. The van der Waals surface area contributed by atoms with Crippen LogP contribution >= 0.6 is 11.6 Å². The first-order chi connectivity index (χ1) is 21.9. The summed E-state index contributed by atoms with van der Waals surface area (Å²) in [6, 6.07) is 13.9. The fourth-order valence-electron chi connectivity index (χ4n) is 6.89. The van der Waals surface area contributed by atoms with E-state index in [0.717, 1.165) is 28.8 Å². The highest BCUT2D eigenvalue weighted by atomic mass is 35.5. The van der Waals surface area contributed by atoms with E-state index in [0.29, 0.717) is 50.1 Å². The Hall–Kier alpha value is -3.84. The van der Waals surface area contributed by atoms with Crippen LogP contribution in [-0.4, -0.2) is 81.5 Å². The number of amides is 1. The molecule has 7 rings (SSSR count). The molecule has 45 heavy (non-hydrogen) atoms. The summed E-state index contributed by atoms with van der Waals surface area (Å²) in [5, 5.41) is 7.61. The zero-order chi connectivity index (χ0) is 31.1. The van der Waals surface area contributed by atoms with Crippen molar-refractivity contribution in [2.45, 2.75) is 38.0 Å². The Kier molecular flexibility index (Phi) is 8.30. The Labute approximate surface area is 263 Å². The monoisotopic (exact) mass is 635 g/mol. The average Bonchev–Trinajstić information content (AvgIpc) is 3.77. The van der Waals surface area contributed by atoms with Gasteiger partial charge in [-0.15, -0.1) is 0 Å². The van der Waals surface area contributed by atoms with Crippen molar-refractivity contribution < 1.29 is 13.9 Å². The van der Waals surface area contributed by atoms with Crippen molar-refractivity contribution in [3.8, 4) is 0 Å². The van der Waals surface area contributed by atoms with Crippen molar-refractivity contribution in [3.05, 3.63) is 97.2 Å². The van der Waals surface area contributed by atoms with Gasteiger partial charge < -0.3 is 24.8 Å². The maximum Gasteiger partial charge on any atom is 0.333 e. The summed E-state index contributed by atoms with van der Waals surface area (Å²) in [4.78, 5) is 48.5. The summed E-state index contributed by atoms with van der Waals surface area (Å²) in [7, 11) is 0. The Morgan fingerprint density at radius 3 is 2.56 bits per heavy atom. The molecule has 0 aliphatic carbocycles. The number of rotatable bonds is 8. The normalized spacial score (nSPS) is 21.5. The highest BCUT2D eigenvalue weighted by Crippen LogP contribution is 2.35. The lowest BCUT2D eigenvalue weighted by Crippen LogP contribution is -2.47. The summed E-state index contributed by atoms with van der Waals surface area (Å²) in [6.07, 6.45) is 0.400. The van der Waals surface area contributed by atoms with E-state index >= 15 is 0 Å². The number of hydrogen-bond donors (Lipinski definition) is 2. The molecule has 13 heteroatoms. The lowest BCUT2D eigenvalue weighted by Gasteiger charge is -2.27. The third-order valence-corrected chi connectivity index (χ3v) is 9.70. The Morgan fingerprint density at radius 1 is 1.00 bits per heavy atom. The zero-order valence-electron chi connectivity index (χ0n) is 24.8. The molecule has 0 saturated carbocycles. The summed E-state index contributed by atoms with van der Waals surface area (Å²) in [5.74, 6) is 0.290. The summed E-state index contributed by atoms with van der Waals surface area (Å²) < 4.78 is 23.4. The standard InChI is InChI=1S/C32H35ClFN7O4/c33-25-4-2-1-3-21(25)18-40-28-30(37-29(40)24-16-36-26-17-35-15-23(24)26)39(10-9-20-5-7-22(34)8-6-20)32(44)41(31(28)43)19-27(42)38-11-13-45-14-12-38/h1-8,23-24,26,35-36H,9-19H2. The van der Waals surface area contributed by atoms with Crippen LogP contribution in [0.5, 0.6) is 0 Å². The molecule has 0 radical (unpaired) electrons. The van der Waals surface area contributed by atoms with Gasteiger partial charge in [-0.05, 0) is 41.7 Å². The molecule has 1 amide bonds. The number of aromatic nitrogens is 4. The van der Waals surface area contributed by atoms with Crippen LogP contribution in [0.3, 0.4) is 0 Å². The van der Waals surface area contributed by atoms with Crippen LogP contribution in [0.2, 0.25) is 5.02 Å². The van der Waals surface area contributed by atoms with Crippen LogP contribution in [0.15, 0.2) is 58.1 Å². The second-order valence-electron chi connectivity index (χ2n) is 12.0. The molecule has 0 spiro atoms. The average molecular weight is 636 g/mol. The number of carbonyl (C=O) groups is 1. The van der Waals surface area contributed by atoms with Crippen molar-refractivity contribution in [1.82, 2.24) is 34.2 Å². The van der Waals surface area contributed by atoms with Gasteiger partial charge in [-0.3, -0.25) is 14.2 Å². The van der Waals surface area contributed by atoms with Crippen molar-refractivity contribution >= 4 is 28.7 Å². The lowest BCUT2D eigenvalue weighted by molar-refractivity contribution is -0.136. The fourth-order valence-corrected chi connectivity index (χ4v) is 7.08. The van der Waals surface area contributed by atoms with Crippen molar-refractivity contribution in [1.29, 1.82) is 0 Å². The number of nitrogens with one attached hydrogen (secondary N) is 2. The Balaban J connectivity index is 1.40. The molecule has 3 unspecified atom stereocenters. The fraction of sp³-hybridized carbons (Fsp3) is 0.438. The van der Waals surface area contributed by atoms with Gasteiger partial charge in [-0.25, -0.2) is 18.7 Å². The molecule has 3 atom stereocenters. The molecule has 3 aliphatic rings. The van der Waals surface area contributed by atoms with Crippen molar-refractivity contribution in [3.63, 3.8) is 0 Å².